The van der Waals surface area contributed by atoms with E-state index in [0.717, 1.165) is 19.0 Å². The largest absolute Gasteiger partial charge is 0.411 e. The third-order valence-electron chi connectivity index (χ3n) is 5.59. The maximum Gasteiger partial charge on any atom is 0.411 e. The number of carbonyl (C=O) groups excluding carboxylic acids is 1. The predicted octanol–water partition coefficient (Wildman–Crippen LogP) is 2.70. The van der Waals surface area contributed by atoms with Crippen molar-refractivity contribution >= 4 is 28.5 Å². The third kappa shape index (κ3) is 3.47. The summed E-state index contributed by atoms with van der Waals surface area (Å²) in [5.74, 6) is -0.920. The van der Waals surface area contributed by atoms with Crippen molar-refractivity contribution < 1.29 is 23.1 Å². The zero-order chi connectivity index (χ0) is 19.2. The Morgan fingerprint density at radius 3 is 2.42 bits per heavy atom. The van der Waals surface area contributed by atoms with Crippen molar-refractivity contribution in [3.63, 3.8) is 0 Å². The molecule has 1 amide bonds. The van der Waals surface area contributed by atoms with Crippen molar-refractivity contribution in [2.75, 3.05) is 32.8 Å². The highest BCUT2D eigenvalue weighted by Crippen LogP contribution is 2.47. The summed E-state index contributed by atoms with van der Waals surface area (Å²) in [7, 11) is 0. The average Bonchev–Trinajstić information content (AvgIpc) is 2.91. The molecule has 0 radical (unpaired) electrons. The monoisotopic (exact) mass is 482 g/mol. The Labute approximate surface area is 164 Å². The number of alkyl halides is 4. The Kier molecular flexibility index (Phi) is 5.31. The molecule has 0 bridgehead atoms. The minimum Gasteiger partial charge on any atom is -0.396 e. The normalized spacial score (nSPS) is 25.2. The first-order chi connectivity index (χ1) is 12.1. The quantitative estimate of drug-likeness (QED) is 0.531. The molecule has 4 nitrogen and oxygen atoms in total. The first-order valence-corrected chi connectivity index (χ1v) is 9.59. The van der Waals surface area contributed by atoms with E-state index in [0.29, 0.717) is 13.1 Å². The minimum absolute atomic E-state index is 0.0197. The van der Waals surface area contributed by atoms with Gasteiger partial charge in [0, 0.05) is 50.7 Å². The summed E-state index contributed by atoms with van der Waals surface area (Å²) in [4.78, 5) is 15.8. The van der Waals surface area contributed by atoms with Crippen molar-refractivity contribution in [3.8, 4) is 0 Å². The molecular weight excluding hydrogens is 460 g/mol. The van der Waals surface area contributed by atoms with Crippen LogP contribution in [0.2, 0.25) is 0 Å². The van der Waals surface area contributed by atoms with Crippen LogP contribution >= 0.6 is 22.6 Å². The first-order valence-electron chi connectivity index (χ1n) is 8.51. The lowest BCUT2D eigenvalue weighted by atomic mass is 9.71. The van der Waals surface area contributed by atoms with Gasteiger partial charge in [-0.2, -0.15) is 13.2 Å². The SMILES string of the molecule is CC(I)(C(=O)N1CC2(CN(Cc3ccccc3)C[C@H]2CO)C1)C(F)(F)F. The molecule has 2 atom stereocenters. The van der Waals surface area contributed by atoms with Gasteiger partial charge < -0.3 is 10.0 Å². The van der Waals surface area contributed by atoms with Gasteiger partial charge in [0.15, 0.2) is 3.42 Å². The van der Waals surface area contributed by atoms with Crippen LogP contribution in [-0.4, -0.2) is 63.2 Å². The summed E-state index contributed by atoms with van der Waals surface area (Å²) < 4.78 is 36.9. The van der Waals surface area contributed by atoms with E-state index in [2.05, 4.69) is 4.90 Å². The third-order valence-corrected chi connectivity index (χ3v) is 6.66. The molecule has 1 unspecified atom stereocenters. The van der Waals surface area contributed by atoms with Crippen LogP contribution < -0.4 is 0 Å². The zero-order valence-electron chi connectivity index (χ0n) is 14.5. The van der Waals surface area contributed by atoms with Gasteiger partial charge in [0.05, 0.1) is 0 Å². The summed E-state index contributed by atoms with van der Waals surface area (Å²) in [6.07, 6.45) is -4.58. The standard InChI is InChI=1S/C18H22F3IN2O2/c1-16(22,18(19,20)21)15(26)24-11-17(12-24)10-23(8-14(17)9-25)7-13-5-3-2-4-6-13/h2-6,14,25H,7-12H2,1H3/t14-,16?/m0/s1. The van der Waals surface area contributed by atoms with Gasteiger partial charge in [-0.3, -0.25) is 9.69 Å². The maximum atomic E-state index is 13.1. The van der Waals surface area contributed by atoms with Crippen LogP contribution in [0.15, 0.2) is 30.3 Å². The van der Waals surface area contributed by atoms with E-state index in [1.54, 1.807) is 0 Å². The fraction of sp³-hybridized carbons (Fsp3) is 0.611. The van der Waals surface area contributed by atoms with Crippen molar-refractivity contribution in [1.29, 1.82) is 0 Å². The number of amides is 1. The van der Waals surface area contributed by atoms with Crippen LogP contribution in [0.25, 0.3) is 0 Å². The van der Waals surface area contributed by atoms with Crippen molar-refractivity contribution in [2.45, 2.75) is 23.1 Å². The van der Waals surface area contributed by atoms with Gasteiger partial charge in [-0.05, 0) is 12.5 Å². The Morgan fingerprint density at radius 1 is 1.27 bits per heavy atom. The molecule has 1 aromatic rings. The van der Waals surface area contributed by atoms with Crippen LogP contribution in [-0.2, 0) is 11.3 Å². The first kappa shape index (κ1) is 19.9. The van der Waals surface area contributed by atoms with Crippen LogP contribution in [0.4, 0.5) is 13.2 Å². The summed E-state index contributed by atoms with van der Waals surface area (Å²) >= 11 is 1.19. The molecule has 8 heteroatoms. The van der Waals surface area contributed by atoms with Crippen molar-refractivity contribution in [3.05, 3.63) is 35.9 Å². The molecule has 0 aliphatic carbocycles. The van der Waals surface area contributed by atoms with Crippen molar-refractivity contribution in [1.82, 2.24) is 9.80 Å². The van der Waals surface area contributed by atoms with Gasteiger partial charge in [-0.15, -0.1) is 0 Å². The van der Waals surface area contributed by atoms with E-state index in [1.807, 2.05) is 30.3 Å². The second-order valence-electron chi connectivity index (χ2n) is 7.56. The zero-order valence-corrected chi connectivity index (χ0v) is 16.6. The van der Waals surface area contributed by atoms with Gasteiger partial charge >= 0.3 is 6.18 Å². The molecule has 1 aromatic carbocycles. The Balaban J connectivity index is 1.65. The molecule has 2 fully saturated rings. The van der Waals surface area contributed by atoms with E-state index < -0.39 is 15.5 Å². The smallest absolute Gasteiger partial charge is 0.396 e. The number of nitrogens with zero attached hydrogens (tertiary/aromatic N) is 2. The second kappa shape index (κ2) is 6.94. The summed E-state index contributed by atoms with van der Waals surface area (Å²) in [5, 5.41) is 9.75. The summed E-state index contributed by atoms with van der Waals surface area (Å²) in [5.41, 5.74) is 0.850. The second-order valence-corrected chi connectivity index (χ2v) is 9.72. The average molecular weight is 482 g/mol. The lowest BCUT2D eigenvalue weighted by Crippen LogP contribution is -2.66. The van der Waals surface area contributed by atoms with Crippen molar-refractivity contribution in [2.24, 2.45) is 11.3 Å². The molecule has 2 heterocycles. The van der Waals surface area contributed by atoms with Gasteiger partial charge in [0.25, 0.3) is 0 Å². The number of carbonyl (C=O) groups is 1. The number of hydrogen-bond donors (Lipinski definition) is 1. The lowest BCUT2D eigenvalue weighted by molar-refractivity contribution is -0.180. The fourth-order valence-corrected chi connectivity index (χ4v) is 4.33. The Morgan fingerprint density at radius 2 is 1.88 bits per heavy atom. The maximum absolute atomic E-state index is 13.1. The topological polar surface area (TPSA) is 43.8 Å². The Hall–Kier alpha value is -0.870. The molecule has 2 aliphatic rings. The highest BCUT2D eigenvalue weighted by atomic mass is 127. The molecule has 0 aromatic heterocycles. The fourth-order valence-electron chi connectivity index (χ4n) is 3.99. The van der Waals surface area contributed by atoms with Gasteiger partial charge in [0.2, 0.25) is 5.91 Å². The molecule has 2 saturated heterocycles. The van der Waals surface area contributed by atoms with Gasteiger partial charge in [-0.1, -0.05) is 52.9 Å². The number of benzene rings is 1. The van der Waals surface area contributed by atoms with Crippen LogP contribution in [0, 0.1) is 11.3 Å². The molecule has 144 valence electrons. The Bertz CT molecular complexity index is 660. The molecule has 2 aliphatic heterocycles. The van der Waals surface area contributed by atoms with E-state index in [9.17, 15) is 23.1 Å². The van der Waals surface area contributed by atoms with Crippen LogP contribution in [0.3, 0.4) is 0 Å². The number of rotatable bonds is 4. The minimum atomic E-state index is -4.58. The molecule has 1 spiro atoms. The van der Waals surface area contributed by atoms with E-state index in [4.69, 9.17) is 0 Å². The van der Waals surface area contributed by atoms with Gasteiger partial charge in [0.1, 0.15) is 0 Å². The van der Waals surface area contributed by atoms with E-state index in [1.165, 1.54) is 27.5 Å². The highest BCUT2D eigenvalue weighted by molar-refractivity contribution is 14.1. The van der Waals surface area contributed by atoms with Crippen LogP contribution in [0.5, 0.6) is 0 Å². The number of likely N-dealkylation sites (tertiary alicyclic amines) is 2. The number of aliphatic hydroxyl groups is 1. The summed E-state index contributed by atoms with van der Waals surface area (Å²) in [6, 6.07) is 9.93. The van der Waals surface area contributed by atoms with E-state index in [-0.39, 0.29) is 31.0 Å². The van der Waals surface area contributed by atoms with Crippen LogP contribution in [0.1, 0.15) is 12.5 Å². The summed E-state index contributed by atoms with van der Waals surface area (Å²) in [6.45, 7) is 3.55. The lowest BCUT2D eigenvalue weighted by Gasteiger charge is -2.52. The highest BCUT2D eigenvalue weighted by Gasteiger charge is 2.61. The predicted molar refractivity (Wildman–Crippen MR) is 99.8 cm³/mol. The van der Waals surface area contributed by atoms with Gasteiger partial charge in [-0.25, -0.2) is 0 Å². The number of hydrogen-bond acceptors (Lipinski definition) is 3. The number of halogens is 4. The molecule has 3 rings (SSSR count). The molecule has 26 heavy (non-hydrogen) atoms. The molecular formula is C18H22F3IN2O2. The van der Waals surface area contributed by atoms with E-state index >= 15 is 0 Å². The molecule has 0 saturated carbocycles. The molecule has 1 N–H and O–H groups in total. The number of aliphatic hydroxyl groups excluding tert-OH is 1.